The number of benzene rings is 2. The van der Waals surface area contributed by atoms with Crippen molar-refractivity contribution in [2.75, 3.05) is 23.3 Å². The molecule has 2 N–H and O–H groups in total. The second-order valence-corrected chi connectivity index (χ2v) is 9.04. The Bertz CT molecular complexity index is 1150. The summed E-state index contributed by atoms with van der Waals surface area (Å²) in [4.78, 5) is 32.3. The molecule has 168 valence electrons. The molecule has 1 aliphatic heterocycles. The summed E-state index contributed by atoms with van der Waals surface area (Å²) < 4.78 is 1.84. The number of carbonyl (C=O) groups excluding carboxylic acids is 1. The molecule has 1 saturated heterocycles. The third-order valence-corrected chi connectivity index (χ3v) is 5.87. The van der Waals surface area contributed by atoms with Crippen molar-refractivity contribution in [1.82, 2.24) is 14.9 Å². The molecule has 0 spiro atoms. The van der Waals surface area contributed by atoms with Gasteiger partial charge in [0.2, 0.25) is 0 Å². The van der Waals surface area contributed by atoms with E-state index in [4.69, 9.17) is 16.6 Å². The third-order valence-electron chi connectivity index (χ3n) is 5.61. The number of fused-ring (bicyclic) bond motifs is 1. The molecule has 0 unspecified atom stereocenters. The summed E-state index contributed by atoms with van der Waals surface area (Å²) in [5.41, 5.74) is 2.33. The molecule has 7 nitrogen and oxygen atoms in total. The molecule has 1 aromatic heterocycles. The van der Waals surface area contributed by atoms with Crippen molar-refractivity contribution in [2.24, 2.45) is 5.92 Å². The maximum absolute atomic E-state index is 13.3. The Balaban J connectivity index is 1.43. The van der Waals surface area contributed by atoms with E-state index in [0.29, 0.717) is 42.1 Å². The fourth-order valence-electron chi connectivity index (χ4n) is 4.05. The maximum atomic E-state index is 13.3. The lowest BCUT2D eigenvalue weighted by molar-refractivity contribution is 0.246. The van der Waals surface area contributed by atoms with Gasteiger partial charge in [-0.05, 0) is 55.2 Å². The molecular weight excluding hydrogens is 426 g/mol. The van der Waals surface area contributed by atoms with Crippen LogP contribution in [-0.4, -0.2) is 34.7 Å². The molecule has 0 radical (unpaired) electrons. The quantitative estimate of drug-likeness (QED) is 0.596. The Morgan fingerprint density at radius 2 is 1.81 bits per heavy atom. The summed E-state index contributed by atoms with van der Waals surface area (Å²) in [6, 6.07) is 14.6. The fourth-order valence-corrected chi connectivity index (χ4v) is 4.18. The number of aromatic nitrogens is 2. The van der Waals surface area contributed by atoms with E-state index in [9.17, 15) is 9.59 Å². The number of para-hydroxylation sites is 2. The van der Waals surface area contributed by atoms with Crippen LogP contribution in [-0.2, 0) is 6.54 Å². The molecule has 2 heterocycles. The van der Waals surface area contributed by atoms with Gasteiger partial charge in [0, 0.05) is 36.4 Å². The smallest absolute Gasteiger partial charge is 0.319 e. The molecule has 8 heteroatoms. The van der Waals surface area contributed by atoms with Crippen molar-refractivity contribution < 1.29 is 4.79 Å². The van der Waals surface area contributed by atoms with E-state index in [1.165, 1.54) is 0 Å². The Morgan fingerprint density at radius 3 is 2.50 bits per heavy atom. The zero-order chi connectivity index (χ0) is 22.7. The van der Waals surface area contributed by atoms with Crippen molar-refractivity contribution in [2.45, 2.75) is 39.3 Å². The molecule has 0 atom stereocenters. The first kappa shape index (κ1) is 22.1. The second-order valence-electron chi connectivity index (χ2n) is 8.60. The fraction of sp³-hybridized carbons (Fsp3) is 0.375. The Labute approximate surface area is 192 Å². The lowest BCUT2D eigenvalue weighted by Gasteiger charge is -2.33. The van der Waals surface area contributed by atoms with Crippen molar-refractivity contribution in [3.8, 4) is 0 Å². The Hall–Kier alpha value is -3.06. The van der Waals surface area contributed by atoms with Crippen LogP contribution in [0.1, 0.15) is 26.7 Å². The van der Waals surface area contributed by atoms with Crippen molar-refractivity contribution in [1.29, 1.82) is 0 Å². The van der Waals surface area contributed by atoms with Gasteiger partial charge in [-0.2, -0.15) is 0 Å². The Kier molecular flexibility index (Phi) is 6.65. The van der Waals surface area contributed by atoms with Gasteiger partial charge in [0.1, 0.15) is 0 Å². The van der Waals surface area contributed by atoms with E-state index >= 15 is 0 Å². The molecule has 1 fully saturated rings. The van der Waals surface area contributed by atoms with Crippen molar-refractivity contribution in [3.05, 3.63) is 63.9 Å². The van der Waals surface area contributed by atoms with Gasteiger partial charge >= 0.3 is 6.03 Å². The summed E-state index contributed by atoms with van der Waals surface area (Å²) in [6.45, 7) is 6.18. The highest BCUT2D eigenvalue weighted by Gasteiger charge is 2.24. The third kappa shape index (κ3) is 5.05. The van der Waals surface area contributed by atoms with E-state index in [0.717, 1.165) is 23.9 Å². The van der Waals surface area contributed by atoms with Crippen molar-refractivity contribution >= 4 is 40.2 Å². The topological polar surface area (TPSA) is 79.3 Å². The SMILES string of the molecule is CC(C)Cn1c(=O)c(N2CCC(NC(=O)Nc3ccc(Cl)cc3)CC2)nc2ccccc21. The minimum absolute atomic E-state index is 0.0388. The number of hydrogen-bond donors (Lipinski definition) is 2. The van der Waals surface area contributed by atoms with Gasteiger partial charge in [-0.15, -0.1) is 0 Å². The van der Waals surface area contributed by atoms with Crippen LogP contribution in [0.3, 0.4) is 0 Å². The highest BCUT2D eigenvalue weighted by Crippen LogP contribution is 2.20. The number of anilines is 2. The second kappa shape index (κ2) is 9.61. The molecule has 0 bridgehead atoms. The van der Waals surface area contributed by atoms with Gasteiger partial charge in [-0.1, -0.05) is 37.6 Å². The first-order valence-corrected chi connectivity index (χ1v) is 11.4. The lowest BCUT2D eigenvalue weighted by Crippen LogP contribution is -2.47. The first-order valence-electron chi connectivity index (χ1n) is 11.0. The molecule has 0 aliphatic carbocycles. The predicted molar refractivity (Wildman–Crippen MR) is 130 cm³/mol. The van der Waals surface area contributed by atoms with Gasteiger partial charge in [0.15, 0.2) is 5.82 Å². The van der Waals surface area contributed by atoms with E-state index < -0.39 is 0 Å². The number of piperidine rings is 1. The van der Waals surface area contributed by atoms with Crippen LogP contribution < -0.4 is 21.1 Å². The monoisotopic (exact) mass is 453 g/mol. The molecule has 3 aromatic rings. The molecule has 1 aliphatic rings. The highest BCUT2D eigenvalue weighted by molar-refractivity contribution is 6.30. The minimum Gasteiger partial charge on any atom is -0.352 e. The van der Waals surface area contributed by atoms with Crippen LogP contribution in [0, 0.1) is 5.92 Å². The summed E-state index contributed by atoms with van der Waals surface area (Å²) in [5, 5.41) is 6.47. The number of rotatable bonds is 5. The number of carbonyl (C=O) groups is 1. The molecule has 2 amide bonds. The van der Waals surface area contributed by atoms with E-state index in [2.05, 4.69) is 24.5 Å². The van der Waals surface area contributed by atoms with Crippen LogP contribution >= 0.6 is 11.6 Å². The standard InChI is InChI=1S/C24H28ClN5O2/c1-16(2)15-30-21-6-4-3-5-20(21)28-22(23(30)31)29-13-11-19(12-14-29)27-24(32)26-18-9-7-17(25)8-10-18/h3-10,16,19H,11-15H2,1-2H3,(H2,26,27,32). The summed E-state index contributed by atoms with van der Waals surface area (Å²) in [6.07, 6.45) is 1.48. The van der Waals surface area contributed by atoms with Gasteiger partial charge in [0.05, 0.1) is 11.0 Å². The maximum Gasteiger partial charge on any atom is 0.319 e. The van der Waals surface area contributed by atoms with E-state index in [1.54, 1.807) is 24.3 Å². The van der Waals surface area contributed by atoms with Crippen LogP contribution in [0.2, 0.25) is 5.02 Å². The van der Waals surface area contributed by atoms with Gasteiger partial charge in [-0.25, -0.2) is 9.78 Å². The molecular formula is C24H28ClN5O2. The van der Waals surface area contributed by atoms with Crippen molar-refractivity contribution in [3.63, 3.8) is 0 Å². The minimum atomic E-state index is -0.242. The summed E-state index contributed by atoms with van der Waals surface area (Å²) in [5.74, 6) is 0.842. The number of halogens is 1. The van der Waals surface area contributed by atoms with Gasteiger partial charge in [0.25, 0.3) is 5.56 Å². The van der Waals surface area contributed by atoms with Crippen LogP contribution in [0.15, 0.2) is 53.3 Å². The van der Waals surface area contributed by atoms with Crippen LogP contribution in [0.25, 0.3) is 11.0 Å². The average Bonchev–Trinajstić information content (AvgIpc) is 2.77. The number of amides is 2. The van der Waals surface area contributed by atoms with Crippen LogP contribution in [0.5, 0.6) is 0 Å². The predicted octanol–water partition coefficient (Wildman–Crippen LogP) is 4.50. The zero-order valence-corrected chi connectivity index (χ0v) is 19.1. The first-order chi connectivity index (χ1) is 15.4. The summed E-state index contributed by atoms with van der Waals surface area (Å²) >= 11 is 5.88. The van der Waals surface area contributed by atoms with Crippen LogP contribution in [0.4, 0.5) is 16.3 Å². The van der Waals surface area contributed by atoms with E-state index in [1.807, 2.05) is 33.7 Å². The molecule has 32 heavy (non-hydrogen) atoms. The number of nitrogens with one attached hydrogen (secondary N) is 2. The average molecular weight is 454 g/mol. The van der Waals surface area contributed by atoms with Gasteiger partial charge < -0.3 is 20.1 Å². The summed E-state index contributed by atoms with van der Waals surface area (Å²) in [7, 11) is 0. The number of nitrogens with zero attached hydrogens (tertiary/aromatic N) is 3. The lowest BCUT2D eigenvalue weighted by atomic mass is 10.1. The van der Waals surface area contributed by atoms with E-state index in [-0.39, 0.29) is 17.6 Å². The highest BCUT2D eigenvalue weighted by atomic mass is 35.5. The number of urea groups is 1. The number of hydrogen-bond acceptors (Lipinski definition) is 4. The Morgan fingerprint density at radius 1 is 1.12 bits per heavy atom. The largest absolute Gasteiger partial charge is 0.352 e. The normalized spacial score (nSPS) is 14.7. The molecule has 2 aromatic carbocycles. The molecule has 4 rings (SSSR count). The van der Waals surface area contributed by atoms with Gasteiger partial charge in [-0.3, -0.25) is 4.79 Å². The molecule has 0 saturated carbocycles. The zero-order valence-electron chi connectivity index (χ0n) is 18.3.